The molecule has 0 saturated carbocycles. The first-order valence-corrected chi connectivity index (χ1v) is 7.92. The van der Waals surface area contributed by atoms with Crippen molar-refractivity contribution in [2.75, 3.05) is 16.9 Å². The number of carbonyl (C=O) groups excluding carboxylic acids is 2. The van der Waals surface area contributed by atoms with Gasteiger partial charge >= 0.3 is 6.03 Å². The Labute approximate surface area is 115 Å². The number of urea groups is 1. The number of rotatable bonds is 4. The molecule has 3 amide bonds. The quantitative estimate of drug-likeness (QED) is 0.829. The number of nitrogens with zero attached hydrogens (tertiary/aromatic N) is 1. The molecule has 6 nitrogen and oxygen atoms in total. The van der Waals surface area contributed by atoms with E-state index >= 15 is 0 Å². The van der Waals surface area contributed by atoms with Crippen molar-refractivity contribution in [3.05, 3.63) is 30.1 Å². The van der Waals surface area contributed by atoms with Crippen molar-refractivity contribution >= 4 is 27.5 Å². The maximum absolute atomic E-state index is 13.1. The second-order valence-corrected chi connectivity index (χ2v) is 6.83. The Hall–Kier alpha value is -1.96. The van der Waals surface area contributed by atoms with Crippen LogP contribution in [-0.2, 0) is 14.6 Å². The van der Waals surface area contributed by atoms with E-state index in [1.54, 1.807) is 0 Å². The Morgan fingerprint density at radius 1 is 1.35 bits per heavy atom. The van der Waals surface area contributed by atoms with Gasteiger partial charge in [-0.05, 0) is 24.6 Å². The summed E-state index contributed by atoms with van der Waals surface area (Å²) in [6.07, 6.45) is 1.05. The van der Waals surface area contributed by atoms with Gasteiger partial charge in [0.2, 0.25) is 0 Å². The van der Waals surface area contributed by atoms with Crippen LogP contribution in [0.2, 0.25) is 0 Å². The van der Waals surface area contributed by atoms with Gasteiger partial charge in [0.15, 0.2) is 0 Å². The number of halogens is 1. The Morgan fingerprint density at radius 3 is 2.65 bits per heavy atom. The van der Waals surface area contributed by atoms with E-state index in [-0.39, 0.29) is 17.9 Å². The van der Waals surface area contributed by atoms with Gasteiger partial charge in [0.05, 0.1) is 11.4 Å². The first-order chi connectivity index (χ1) is 9.28. The van der Waals surface area contributed by atoms with Gasteiger partial charge in [-0.2, -0.15) is 0 Å². The Kier molecular flexibility index (Phi) is 3.76. The van der Waals surface area contributed by atoms with Gasteiger partial charge in [-0.3, -0.25) is 4.79 Å². The van der Waals surface area contributed by atoms with Gasteiger partial charge in [-0.25, -0.2) is 22.5 Å². The van der Waals surface area contributed by atoms with Crippen LogP contribution in [0.3, 0.4) is 0 Å². The van der Waals surface area contributed by atoms with Crippen molar-refractivity contribution in [1.82, 2.24) is 5.32 Å². The molecule has 0 bridgehead atoms. The number of anilines is 1. The summed E-state index contributed by atoms with van der Waals surface area (Å²) in [5.41, 5.74) is 0.120. The van der Waals surface area contributed by atoms with Gasteiger partial charge in [0.25, 0.3) is 5.91 Å². The molecule has 0 spiro atoms. The van der Waals surface area contributed by atoms with Crippen molar-refractivity contribution in [3.8, 4) is 0 Å². The predicted molar refractivity (Wildman–Crippen MR) is 70.5 cm³/mol. The molecule has 8 heteroatoms. The van der Waals surface area contributed by atoms with Crippen molar-refractivity contribution in [2.24, 2.45) is 0 Å². The third kappa shape index (κ3) is 3.13. The molecular formula is C12H13FN2O4S. The highest BCUT2D eigenvalue weighted by Crippen LogP contribution is 2.21. The molecule has 0 aromatic heterocycles. The van der Waals surface area contributed by atoms with Crippen molar-refractivity contribution in [3.63, 3.8) is 0 Å². The maximum Gasteiger partial charge on any atom is 0.329 e. The topological polar surface area (TPSA) is 83.6 Å². The number of imide groups is 1. The third-order valence-corrected chi connectivity index (χ3v) is 3.84. The molecular weight excluding hydrogens is 287 g/mol. The van der Waals surface area contributed by atoms with Crippen LogP contribution >= 0.6 is 0 Å². The highest BCUT2D eigenvalue weighted by molar-refractivity contribution is 7.90. The zero-order valence-electron chi connectivity index (χ0n) is 10.7. The number of nitrogens with one attached hydrogen (secondary N) is 1. The lowest BCUT2D eigenvalue weighted by Gasteiger charge is -2.12. The molecule has 0 radical (unpaired) electrons. The van der Waals surface area contributed by atoms with Crippen molar-refractivity contribution < 1.29 is 22.4 Å². The Balaban J connectivity index is 2.17. The highest BCUT2D eigenvalue weighted by atomic mass is 32.2. The molecule has 20 heavy (non-hydrogen) atoms. The molecule has 1 aliphatic rings. The van der Waals surface area contributed by atoms with Crippen LogP contribution in [-0.4, -0.2) is 38.4 Å². The van der Waals surface area contributed by atoms with Crippen LogP contribution in [0, 0.1) is 5.82 Å². The zero-order valence-corrected chi connectivity index (χ0v) is 11.5. The first kappa shape index (κ1) is 14.4. The summed E-state index contributed by atoms with van der Waals surface area (Å²) in [6.45, 7) is 0. The highest BCUT2D eigenvalue weighted by Gasteiger charge is 2.39. The smallest absolute Gasteiger partial charge is 0.325 e. The summed E-state index contributed by atoms with van der Waals surface area (Å²) >= 11 is 0. The molecule has 1 aromatic rings. The number of sulfone groups is 1. The average Bonchev–Trinajstić information content (AvgIpc) is 2.61. The van der Waals surface area contributed by atoms with E-state index in [2.05, 4.69) is 5.32 Å². The number of carbonyl (C=O) groups is 2. The lowest BCUT2D eigenvalue weighted by molar-refractivity contribution is -0.118. The molecule has 1 atom stereocenters. The largest absolute Gasteiger partial charge is 0.329 e. The van der Waals surface area contributed by atoms with E-state index in [0.29, 0.717) is 0 Å². The van der Waals surface area contributed by atoms with Crippen LogP contribution in [0.25, 0.3) is 0 Å². The molecule has 1 fully saturated rings. The summed E-state index contributed by atoms with van der Waals surface area (Å²) in [5, 5.41) is 2.39. The number of hydrogen-bond donors (Lipinski definition) is 1. The minimum absolute atomic E-state index is 0.00474. The SMILES string of the molecule is CS(=O)(=O)CCC1NC(=O)N(c2cccc(F)c2)C1=O. The van der Waals surface area contributed by atoms with E-state index in [9.17, 15) is 22.4 Å². The predicted octanol–water partition coefficient (Wildman–Crippen LogP) is 0.685. The van der Waals surface area contributed by atoms with E-state index in [1.165, 1.54) is 18.2 Å². The third-order valence-electron chi connectivity index (χ3n) is 2.86. The Bertz CT molecular complexity index is 659. The molecule has 0 aliphatic carbocycles. The van der Waals surface area contributed by atoms with Crippen LogP contribution in [0.15, 0.2) is 24.3 Å². The van der Waals surface area contributed by atoms with Crippen molar-refractivity contribution in [2.45, 2.75) is 12.5 Å². The van der Waals surface area contributed by atoms with E-state index in [1.807, 2.05) is 0 Å². The summed E-state index contributed by atoms with van der Waals surface area (Å²) < 4.78 is 35.3. The average molecular weight is 300 g/mol. The standard InChI is InChI=1S/C12H13FN2O4S/c1-20(18,19)6-5-10-11(16)15(12(17)14-10)9-4-2-3-8(13)7-9/h2-4,7,10H,5-6H2,1H3,(H,14,17). The molecule has 2 rings (SSSR count). The summed E-state index contributed by atoms with van der Waals surface area (Å²) in [5.74, 6) is -1.35. The molecule has 108 valence electrons. The number of benzene rings is 1. The molecule has 1 saturated heterocycles. The minimum Gasteiger partial charge on any atom is -0.325 e. The molecule has 1 N–H and O–H groups in total. The van der Waals surface area contributed by atoms with Crippen LogP contribution in [0.1, 0.15) is 6.42 Å². The fourth-order valence-electron chi connectivity index (χ4n) is 1.92. The fraction of sp³-hybridized carbons (Fsp3) is 0.333. The second-order valence-electron chi connectivity index (χ2n) is 4.57. The van der Waals surface area contributed by atoms with Crippen molar-refractivity contribution in [1.29, 1.82) is 0 Å². The summed E-state index contributed by atoms with van der Waals surface area (Å²) in [4.78, 5) is 24.6. The molecule has 1 unspecified atom stereocenters. The van der Waals surface area contributed by atoms with Crippen LogP contribution in [0.4, 0.5) is 14.9 Å². The molecule has 1 aliphatic heterocycles. The molecule has 1 aromatic carbocycles. The first-order valence-electron chi connectivity index (χ1n) is 5.86. The maximum atomic E-state index is 13.1. The molecule has 1 heterocycles. The van der Waals surface area contributed by atoms with Gasteiger partial charge in [-0.1, -0.05) is 6.07 Å². The van der Waals surface area contributed by atoms with Gasteiger partial charge < -0.3 is 5.32 Å². The van der Waals surface area contributed by atoms with E-state index in [0.717, 1.165) is 17.2 Å². The van der Waals surface area contributed by atoms with Gasteiger partial charge in [0, 0.05) is 6.26 Å². The number of hydrogen-bond acceptors (Lipinski definition) is 4. The van der Waals surface area contributed by atoms with E-state index in [4.69, 9.17) is 0 Å². The van der Waals surface area contributed by atoms with Gasteiger partial charge in [0.1, 0.15) is 21.7 Å². The lowest BCUT2D eigenvalue weighted by Crippen LogP contribution is -2.32. The van der Waals surface area contributed by atoms with Crippen LogP contribution < -0.4 is 10.2 Å². The second kappa shape index (κ2) is 5.20. The normalized spacial score (nSPS) is 19.3. The summed E-state index contributed by atoms with van der Waals surface area (Å²) in [6, 6.07) is 3.49. The number of amides is 3. The van der Waals surface area contributed by atoms with Crippen LogP contribution in [0.5, 0.6) is 0 Å². The lowest BCUT2D eigenvalue weighted by atomic mass is 10.2. The van der Waals surface area contributed by atoms with Gasteiger partial charge in [-0.15, -0.1) is 0 Å². The van der Waals surface area contributed by atoms with E-state index < -0.39 is 33.6 Å². The Morgan fingerprint density at radius 2 is 2.05 bits per heavy atom. The fourth-order valence-corrected chi connectivity index (χ4v) is 2.58. The summed E-state index contributed by atoms with van der Waals surface area (Å²) in [7, 11) is -3.22. The zero-order chi connectivity index (χ0) is 14.9. The monoisotopic (exact) mass is 300 g/mol. The minimum atomic E-state index is -3.22.